The molecule has 1 rings (SSSR count). The van der Waals surface area contributed by atoms with E-state index in [-0.39, 0.29) is 11.5 Å². The molecule has 1 aromatic heterocycles. The molecule has 0 radical (unpaired) electrons. The van der Waals surface area contributed by atoms with Gasteiger partial charge in [-0.05, 0) is 38.2 Å². The minimum atomic E-state index is -0.700. The van der Waals surface area contributed by atoms with Crippen molar-refractivity contribution in [2.45, 2.75) is 71.5 Å². The first-order valence-electron chi connectivity index (χ1n) is 9.07. The largest absolute Gasteiger partial charge is 0.354 e. The Morgan fingerprint density at radius 3 is 2.58 bits per heavy atom. The Morgan fingerprint density at radius 2 is 2.08 bits per heavy atom. The van der Waals surface area contributed by atoms with Crippen molar-refractivity contribution in [3.8, 4) is 0 Å². The zero-order valence-electron chi connectivity index (χ0n) is 17.1. The molecule has 1 aromatic rings. The van der Waals surface area contributed by atoms with Crippen molar-refractivity contribution in [2.24, 2.45) is 0 Å². The molecule has 0 saturated heterocycles. The van der Waals surface area contributed by atoms with Crippen LogP contribution in [0.1, 0.15) is 52.5 Å². The minimum absolute atomic E-state index is 0.0579. The lowest BCUT2D eigenvalue weighted by molar-refractivity contribution is -0.181. The van der Waals surface area contributed by atoms with Crippen LogP contribution in [0.2, 0.25) is 0 Å². The molecule has 1 N–H and O–H groups in total. The van der Waals surface area contributed by atoms with Crippen molar-refractivity contribution in [3.05, 3.63) is 34.2 Å². The molecular weight excluding hydrogens is 352 g/mol. The van der Waals surface area contributed by atoms with Gasteiger partial charge in [-0.25, -0.2) is 10.3 Å². The molecule has 0 aliphatic heterocycles. The molecule has 2 atom stereocenters. The van der Waals surface area contributed by atoms with Crippen LogP contribution < -0.4 is 11.0 Å². The van der Waals surface area contributed by atoms with E-state index in [1.165, 1.54) is 11.8 Å². The van der Waals surface area contributed by atoms with Gasteiger partial charge in [-0.3, -0.25) is 9.59 Å². The lowest BCUT2D eigenvalue weighted by atomic mass is 10.1. The van der Waals surface area contributed by atoms with Gasteiger partial charge in [0.1, 0.15) is 0 Å². The van der Waals surface area contributed by atoms with Gasteiger partial charge in [0, 0.05) is 32.3 Å². The van der Waals surface area contributed by atoms with Crippen LogP contribution in [-0.2, 0) is 20.9 Å². The van der Waals surface area contributed by atoms with Gasteiger partial charge in [-0.15, -0.1) is 11.8 Å². The fourth-order valence-corrected chi connectivity index (χ4v) is 2.64. The predicted molar refractivity (Wildman–Crippen MR) is 108 cm³/mol. The van der Waals surface area contributed by atoms with Crippen molar-refractivity contribution < 1.29 is 14.4 Å². The number of aromatic nitrogens is 1. The fraction of sp³-hybridized carbons (Fsp3) is 0.684. The second-order valence-corrected chi connectivity index (χ2v) is 7.23. The number of methoxy groups -OCH3 is 1. The van der Waals surface area contributed by atoms with E-state index in [1.807, 2.05) is 46.9 Å². The summed E-state index contributed by atoms with van der Waals surface area (Å²) in [6.45, 7) is 10.2. The average Bonchev–Trinajstić information content (AvgIpc) is 2.65. The van der Waals surface area contributed by atoms with Gasteiger partial charge in [0.05, 0.1) is 4.75 Å². The summed E-state index contributed by atoms with van der Waals surface area (Å²) in [6.07, 6.45) is 5.28. The van der Waals surface area contributed by atoms with E-state index in [2.05, 4.69) is 5.48 Å². The first kappa shape index (κ1) is 24.7. The third kappa shape index (κ3) is 7.93. The summed E-state index contributed by atoms with van der Waals surface area (Å²) in [5.41, 5.74) is 3.37. The first-order valence-corrected chi connectivity index (χ1v) is 10.3. The number of thioether (sulfide) groups is 1. The van der Waals surface area contributed by atoms with Crippen LogP contribution in [0.3, 0.4) is 0 Å². The molecule has 6 nitrogen and oxygen atoms in total. The number of ether oxygens (including phenoxy) is 1. The van der Waals surface area contributed by atoms with Crippen molar-refractivity contribution in [2.75, 3.05) is 13.4 Å². The maximum atomic E-state index is 12.5. The van der Waals surface area contributed by atoms with E-state index in [9.17, 15) is 9.59 Å². The molecule has 2 unspecified atom stereocenters. The Labute approximate surface area is 161 Å². The number of hydrogen-bond acceptors (Lipinski definition) is 5. The number of pyridine rings is 1. The summed E-state index contributed by atoms with van der Waals surface area (Å²) < 4.78 is 6.07. The predicted octanol–water partition coefficient (Wildman–Crippen LogP) is 3.52. The van der Waals surface area contributed by atoms with Crippen LogP contribution in [0.5, 0.6) is 0 Å². The summed E-state index contributed by atoms with van der Waals surface area (Å²) in [7, 11) is 1.55. The van der Waals surface area contributed by atoms with Crippen LogP contribution in [0.15, 0.2) is 23.1 Å². The zero-order chi connectivity index (χ0) is 20.2. The highest BCUT2D eigenvalue weighted by Gasteiger charge is 2.33. The zero-order valence-corrected chi connectivity index (χ0v) is 17.9. The van der Waals surface area contributed by atoms with Crippen LogP contribution in [0.25, 0.3) is 0 Å². The number of hydrogen-bond donors (Lipinski definition) is 1. The van der Waals surface area contributed by atoms with Crippen molar-refractivity contribution in [1.29, 1.82) is 0 Å². The van der Waals surface area contributed by atoms with Gasteiger partial charge >= 0.3 is 0 Å². The quantitative estimate of drug-likeness (QED) is 0.492. The van der Waals surface area contributed by atoms with Gasteiger partial charge in [-0.1, -0.05) is 27.2 Å². The summed E-state index contributed by atoms with van der Waals surface area (Å²) in [4.78, 5) is 29.8. The maximum absolute atomic E-state index is 12.5. The summed E-state index contributed by atoms with van der Waals surface area (Å²) in [5.74, 6) is -0.228. The highest BCUT2D eigenvalue weighted by atomic mass is 32.2. The molecule has 0 aliphatic rings. The van der Waals surface area contributed by atoms with Gasteiger partial charge in [0.25, 0.3) is 11.5 Å². The standard InChI is InChI=1S/C17H28N2O4S.C2H6/c1-6-7-15(22-4)23-18-16(21)17(3,24-5)9-11-19-10-8-13(2)12-14(19)20;1-2/h8,10,12,15H,6-7,9,11H2,1-5H3,(H,18,21);1-2H3. The Kier molecular flexibility index (Phi) is 12.3. The minimum Gasteiger partial charge on any atom is -0.354 e. The number of amides is 1. The van der Waals surface area contributed by atoms with E-state index < -0.39 is 11.0 Å². The lowest BCUT2D eigenvalue weighted by Gasteiger charge is -2.27. The lowest BCUT2D eigenvalue weighted by Crippen LogP contribution is -2.44. The molecule has 7 heteroatoms. The normalized spacial score (nSPS) is 14.0. The van der Waals surface area contributed by atoms with Crippen LogP contribution in [-0.4, -0.2) is 34.9 Å². The molecule has 0 aliphatic carbocycles. The van der Waals surface area contributed by atoms with E-state index in [0.29, 0.717) is 19.4 Å². The number of carbonyl (C=O) groups excluding carboxylic acids is 1. The van der Waals surface area contributed by atoms with Crippen molar-refractivity contribution in [1.82, 2.24) is 10.0 Å². The van der Waals surface area contributed by atoms with Crippen molar-refractivity contribution in [3.63, 3.8) is 0 Å². The number of rotatable bonds is 10. The molecule has 0 aromatic carbocycles. The Hall–Kier alpha value is -1.31. The first-order chi connectivity index (χ1) is 12.4. The van der Waals surface area contributed by atoms with Crippen LogP contribution in [0.4, 0.5) is 0 Å². The molecular formula is C19H34N2O4S. The molecule has 1 amide bonds. The van der Waals surface area contributed by atoms with Gasteiger partial charge in [-0.2, -0.15) is 0 Å². The summed E-state index contributed by atoms with van der Waals surface area (Å²) in [5, 5.41) is 0. The molecule has 26 heavy (non-hydrogen) atoms. The molecule has 0 spiro atoms. The van der Waals surface area contributed by atoms with E-state index in [0.717, 1.165) is 12.0 Å². The second-order valence-electron chi connectivity index (χ2n) is 5.92. The second kappa shape index (κ2) is 12.9. The van der Waals surface area contributed by atoms with E-state index in [1.54, 1.807) is 23.9 Å². The maximum Gasteiger partial charge on any atom is 0.259 e. The van der Waals surface area contributed by atoms with Gasteiger partial charge < -0.3 is 9.30 Å². The molecule has 0 fully saturated rings. The third-order valence-electron chi connectivity index (χ3n) is 3.98. The Morgan fingerprint density at radius 1 is 1.42 bits per heavy atom. The van der Waals surface area contributed by atoms with Gasteiger partial charge in [0.15, 0.2) is 6.29 Å². The molecule has 0 saturated carbocycles. The average molecular weight is 387 g/mol. The fourth-order valence-electron chi connectivity index (χ4n) is 2.12. The monoisotopic (exact) mass is 386 g/mol. The Balaban J connectivity index is 0.00000301. The molecule has 150 valence electrons. The van der Waals surface area contributed by atoms with Crippen LogP contribution >= 0.6 is 11.8 Å². The smallest absolute Gasteiger partial charge is 0.259 e. The number of carbonyl (C=O) groups is 1. The summed E-state index contributed by atoms with van der Waals surface area (Å²) in [6, 6.07) is 3.47. The number of hydroxylamine groups is 1. The highest BCUT2D eigenvalue weighted by molar-refractivity contribution is 8.00. The highest BCUT2D eigenvalue weighted by Crippen LogP contribution is 2.27. The van der Waals surface area contributed by atoms with Crippen molar-refractivity contribution >= 4 is 17.7 Å². The molecule has 1 heterocycles. The summed E-state index contributed by atoms with van der Waals surface area (Å²) >= 11 is 1.43. The number of nitrogens with zero attached hydrogens (tertiary/aromatic N) is 1. The van der Waals surface area contributed by atoms with Crippen LogP contribution in [0, 0.1) is 6.92 Å². The van der Waals surface area contributed by atoms with Gasteiger partial charge in [0.2, 0.25) is 0 Å². The molecule has 0 bridgehead atoms. The SMILES string of the molecule is CC.CCCC(OC)ONC(=O)C(C)(CCn1ccc(C)cc1=O)SC. The van der Waals surface area contributed by atoms with E-state index in [4.69, 9.17) is 9.57 Å². The topological polar surface area (TPSA) is 69.6 Å². The van der Waals surface area contributed by atoms with E-state index >= 15 is 0 Å². The number of aryl methyl sites for hydroxylation is 2. The third-order valence-corrected chi connectivity index (χ3v) is 5.27. The Bertz CT molecular complexity index is 591. The number of nitrogens with one attached hydrogen (secondary N) is 1.